The minimum Gasteiger partial charge on any atom is -0.345 e. The van der Waals surface area contributed by atoms with Crippen LogP contribution in [0.1, 0.15) is 0 Å². The van der Waals surface area contributed by atoms with Crippen LogP contribution in [0.5, 0.6) is 0 Å². The van der Waals surface area contributed by atoms with E-state index in [1.807, 2.05) is 0 Å². The number of rotatable bonds is 1. The Morgan fingerprint density at radius 1 is 1.43 bits per heavy atom. The molecule has 1 N–H and O–H groups in total. The molecule has 2 aromatic heterocycles. The monoisotopic (exact) mass is 250 g/mol. The number of aromatic amines is 1. The molecule has 0 fully saturated rings. The lowest BCUT2D eigenvalue weighted by molar-refractivity contribution is 0.610. The number of aromatic nitrogens is 2. The highest BCUT2D eigenvalue weighted by Gasteiger charge is 2.18. The molecule has 0 spiro atoms. The van der Waals surface area contributed by atoms with Gasteiger partial charge in [-0.05, 0) is 6.07 Å². The van der Waals surface area contributed by atoms with Crippen molar-refractivity contribution < 1.29 is 8.42 Å². The average Bonchev–Trinajstić information content (AvgIpc) is 2.47. The molecule has 7 heteroatoms. The van der Waals surface area contributed by atoms with Gasteiger partial charge in [0, 0.05) is 23.1 Å². The van der Waals surface area contributed by atoms with Gasteiger partial charge in [0.25, 0.3) is 9.05 Å². The Hall–Kier alpha value is -0.780. The van der Waals surface area contributed by atoms with Crippen LogP contribution in [0.15, 0.2) is 23.4 Å². The lowest BCUT2D eigenvalue weighted by Crippen LogP contribution is -1.88. The summed E-state index contributed by atoms with van der Waals surface area (Å²) in [5, 5.41) is 0.625. The number of H-pyrrole nitrogens is 1. The lowest BCUT2D eigenvalue weighted by atomic mass is 10.3. The zero-order chi connectivity index (χ0) is 10.3. The molecule has 0 aliphatic carbocycles. The predicted octanol–water partition coefficient (Wildman–Crippen LogP) is 2.14. The van der Waals surface area contributed by atoms with Crippen LogP contribution in [0.4, 0.5) is 0 Å². The van der Waals surface area contributed by atoms with Crippen molar-refractivity contribution in [3.8, 4) is 0 Å². The van der Waals surface area contributed by atoms with Crippen molar-refractivity contribution in [1.29, 1.82) is 0 Å². The van der Waals surface area contributed by atoms with Gasteiger partial charge in [-0.25, -0.2) is 13.4 Å². The summed E-state index contributed by atoms with van der Waals surface area (Å²) in [7, 11) is 1.42. The second kappa shape index (κ2) is 3.12. The molecule has 0 aliphatic heterocycles. The fourth-order valence-electron chi connectivity index (χ4n) is 1.18. The van der Waals surface area contributed by atoms with E-state index in [4.69, 9.17) is 22.3 Å². The van der Waals surface area contributed by atoms with Crippen LogP contribution in [-0.2, 0) is 9.05 Å². The number of pyridine rings is 1. The molecule has 4 nitrogen and oxygen atoms in total. The third kappa shape index (κ3) is 1.47. The molecule has 74 valence electrons. The summed E-state index contributed by atoms with van der Waals surface area (Å²) in [6.45, 7) is 0. The number of halogens is 2. The number of nitrogens with zero attached hydrogens (tertiary/aromatic N) is 1. The van der Waals surface area contributed by atoms with E-state index in [9.17, 15) is 8.42 Å². The number of hydrogen-bond donors (Lipinski definition) is 1. The SMILES string of the molecule is O=S(=O)(Cl)c1c[nH]c2nccc(Cl)c12. The molecule has 0 amide bonds. The van der Waals surface area contributed by atoms with Crippen LogP contribution in [0.2, 0.25) is 5.02 Å². The van der Waals surface area contributed by atoms with E-state index in [1.165, 1.54) is 18.5 Å². The second-order valence-corrected chi connectivity index (χ2v) is 5.55. The standard InChI is InChI=1S/C7H4Cl2N2O2S/c8-4-1-2-10-7-6(4)5(3-11-7)14(9,12)13/h1-3H,(H,10,11). The zero-order valence-electron chi connectivity index (χ0n) is 6.66. The first-order valence-corrected chi connectivity index (χ1v) is 6.25. The van der Waals surface area contributed by atoms with E-state index in [-0.39, 0.29) is 4.90 Å². The molecule has 2 heterocycles. The summed E-state index contributed by atoms with van der Waals surface area (Å²) < 4.78 is 22.2. The maximum atomic E-state index is 11.1. The minimum absolute atomic E-state index is 0.0488. The Balaban J connectivity index is 2.94. The third-order valence-corrected chi connectivity index (χ3v) is 3.41. The molecule has 2 aromatic rings. The Morgan fingerprint density at radius 3 is 2.79 bits per heavy atom. The van der Waals surface area contributed by atoms with E-state index < -0.39 is 9.05 Å². The molecule has 0 atom stereocenters. The summed E-state index contributed by atoms with van der Waals surface area (Å²) in [5.41, 5.74) is 0.400. The van der Waals surface area contributed by atoms with Gasteiger partial charge in [-0.3, -0.25) is 0 Å². The molecular weight excluding hydrogens is 247 g/mol. The van der Waals surface area contributed by atoms with Gasteiger partial charge >= 0.3 is 0 Å². The van der Waals surface area contributed by atoms with Crippen molar-refractivity contribution in [2.45, 2.75) is 4.90 Å². The van der Waals surface area contributed by atoms with Gasteiger partial charge in [-0.15, -0.1) is 0 Å². The van der Waals surface area contributed by atoms with E-state index in [2.05, 4.69) is 9.97 Å². The van der Waals surface area contributed by atoms with E-state index in [1.54, 1.807) is 0 Å². The van der Waals surface area contributed by atoms with Gasteiger partial charge in [0.1, 0.15) is 10.5 Å². The number of hydrogen-bond acceptors (Lipinski definition) is 3. The number of fused-ring (bicyclic) bond motifs is 1. The third-order valence-electron chi connectivity index (χ3n) is 1.75. The highest BCUT2D eigenvalue weighted by molar-refractivity contribution is 8.14. The average molecular weight is 251 g/mol. The fourth-order valence-corrected chi connectivity index (χ4v) is 2.50. The lowest BCUT2D eigenvalue weighted by Gasteiger charge is -1.95. The van der Waals surface area contributed by atoms with Crippen LogP contribution in [0.3, 0.4) is 0 Å². The van der Waals surface area contributed by atoms with Crippen molar-refractivity contribution >= 4 is 42.4 Å². The van der Waals surface area contributed by atoms with Gasteiger partial charge in [-0.2, -0.15) is 0 Å². The summed E-state index contributed by atoms with van der Waals surface area (Å²) in [5.74, 6) is 0. The normalized spacial score (nSPS) is 12.1. The van der Waals surface area contributed by atoms with Crippen molar-refractivity contribution in [2.75, 3.05) is 0 Å². The summed E-state index contributed by atoms with van der Waals surface area (Å²) >= 11 is 5.83. The van der Waals surface area contributed by atoms with E-state index >= 15 is 0 Å². The molecule has 0 saturated carbocycles. The molecule has 0 radical (unpaired) electrons. The zero-order valence-corrected chi connectivity index (χ0v) is 8.99. The number of nitrogens with one attached hydrogen (secondary N) is 1. The van der Waals surface area contributed by atoms with Crippen LogP contribution >= 0.6 is 22.3 Å². The predicted molar refractivity (Wildman–Crippen MR) is 54.1 cm³/mol. The Morgan fingerprint density at radius 2 is 2.14 bits per heavy atom. The quantitative estimate of drug-likeness (QED) is 0.790. The maximum Gasteiger partial charge on any atom is 0.263 e. The Kier molecular flexibility index (Phi) is 2.17. The van der Waals surface area contributed by atoms with Gasteiger partial charge in [0.15, 0.2) is 0 Å². The summed E-state index contributed by atoms with van der Waals surface area (Å²) in [6.07, 6.45) is 2.75. The van der Waals surface area contributed by atoms with Crippen molar-refractivity contribution in [1.82, 2.24) is 9.97 Å². The van der Waals surface area contributed by atoms with Gasteiger partial charge in [-0.1, -0.05) is 11.6 Å². The summed E-state index contributed by atoms with van der Waals surface area (Å²) in [6, 6.07) is 1.50. The largest absolute Gasteiger partial charge is 0.345 e. The van der Waals surface area contributed by atoms with E-state index in [0.717, 1.165) is 0 Å². The highest BCUT2D eigenvalue weighted by atomic mass is 35.7. The van der Waals surface area contributed by atoms with Crippen LogP contribution in [-0.4, -0.2) is 18.4 Å². The molecular formula is C7H4Cl2N2O2S. The summed E-state index contributed by atoms with van der Waals surface area (Å²) in [4.78, 5) is 6.54. The molecule has 0 saturated heterocycles. The molecule has 2 rings (SSSR count). The van der Waals surface area contributed by atoms with Crippen molar-refractivity contribution in [3.05, 3.63) is 23.5 Å². The highest BCUT2D eigenvalue weighted by Crippen LogP contribution is 2.29. The smallest absolute Gasteiger partial charge is 0.263 e. The van der Waals surface area contributed by atoms with Crippen LogP contribution in [0.25, 0.3) is 11.0 Å². The Bertz CT molecular complexity index is 591. The first-order valence-electron chi connectivity index (χ1n) is 3.56. The van der Waals surface area contributed by atoms with Gasteiger partial charge in [0.05, 0.1) is 10.4 Å². The minimum atomic E-state index is -3.79. The molecule has 0 aromatic carbocycles. The van der Waals surface area contributed by atoms with Crippen LogP contribution in [0, 0.1) is 0 Å². The molecule has 0 bridgehead atoms. The van der Waals surface area contributed by atoms with Crippen molar-refractivity contribution in [2.24, 2.45) is 0 Å². The topological polar surface area (TPSA) is 62.8 Å². The molecule has 14 heavy (non-hydrogen) atoms. The maximum absolute atomic E-state index is 11.1. The van der Waals surface area contributed by atoms with Crippen molar-refractivity contribution in [3.63, 3.8) is 0 Å². The second-order valence-electron chi connectivity index (χ2n) is 2.61. The van der Waals surface area contributed by atoms with E-state index in [0.29, 0.717) is 16.1 Å². The first kappa shape index (κ1) is 9.76. The van der Waals surface area contributed by atoms with Crippen LogP contribution < -0.4 is 0 Å². The Labute approximate surface area is 89.3 Å². The first-order chi connectivity index (χ1) is 6.50. The van der Waals surface area contributed by atoms with Gasteiger partial charge < -0.3 is 4.98 Å². The van der Waals surface area contributed by atoms with Gasteiger partial charge in [0.2, 0.25) is 0 Å². The fraction of sp³-hybridized carbons (Fsp3) is 0. The molecule has 0 unspecified atom stereocenters. The molecule has 0 aliphatic rings.